The predicted molar refractivity (Wildman–Crippen MR) is 84.2 cm³/mol. The van der Waals surface area contributed by atoms with Crippen LogP contribution in [0.4, 0.5) is 0 Å². The van der Waals surface area contributed by atoms with Crippen LogP contribution < -0.4 is 15.2 Å². The minimum Gasteiger partial charge on any atom is -0.497 e. The molecule has 0 saturated heterocycles. The second kappa shape index (κ2) is 7.31. The van der Waals surface area contributed by atoms with Gasteiger partial charge in [0.2, 0.25) is 0 Å². The summed E-state index contributed by atoms with van der Waals surface area (Å²) in [7, 11) is 1.64. The zero-order valence-corrected chi connectivity index (χ0v) is 13.0. The maximum atomic E-state index is 5.80. The Morgan fingerprint density at radius 2 is 1.75 bits per heavy atom. The third kappa shape index (κ3) is 3.99. The fraction of sp³-hybridized carbons (Fsp3) is 0.250. The molecule has 2 aromatic carbocycles. The Kier molecular flexibility index (Phi) is 5.44. The summed E-state index contributed by atoms with van der Waals surface area (Å²) in [5, 5.41) is 0. The number of benzene rings is 2. The SMILES string of the molecule is COc1ccc(OCc2ccc(CCN)cc2)c(Br)c1. The van der Waals surface area contributed by atoms with Gasteiger partial charge in [-0.1, -0.05) is 24.3 Å². The van der Waals surface area contributed by atoms with E-state index in [1.54, 1.807) is 7.11 Å². The molecule has 0 aliphatic heterocycles. The minimum absolute atomic E-state index is 0.536. The summed E-state index contributed by atoms with van der Waals surface area (Å²) >= 11 is 3.47. The molecule has 0 unspecified atom stereocenters. The van der Waals surface area contributed by atoms with Gasteiger partial charge < -0.3 is 15.2 Å². The molecule has 2 N–H and O–H groups in total. The average molecular weight is 336 g/mol. The maximum Gasteiger partial charge on any atom is 0.134 e. The summed E-state index contributed by atoms with van der Waals surface area (Å²) in [5.41, 5.74) is 7.92. The lowest BCUT2D eigenvalue weighted by atomic mass is 10.1. The zero-order chi connectivity index (χ0) is 14.4. The fourth-order valence-corrected chi connectivity index (χ4v) is 2.33. The third-order valence-electron chi connectivity index (χ3n) is 2.99. The molecule has 0 amide bonds. The standard InChI is InChI=1S/C16H18BrNO2/c1-19-14-6-7-16(15(17)10-14)20-11-13-4-2-12(3-5-13)8-9-18/h2-7,10H,8-9,11,18H2,1H3. The molecule has 3 nitrogen and oxygen atoms in total. The van der Waals surface area contributed by atoms with Crippen LogP contribution in [0.2, 0.25) is 0 Å². The first-order valence-corrected chi connectivity index (χ1v) is 7.26. The molecule has 0 aromatic heterocycles. The topological polar surface area (TPSA) is 44.5 Å². The second-order valence-corrected chi connectivity index (χ2v) is 5.29. The number of ether oxygens (including phenoxy) is 2. The lowest BCUT2D eigenvalue weighted by Gasteiger charge is -2.10. The summed E-state index contributed by atoms with van der Waals surface area (Å²) in [4.78, 5) is 0. The van der Waals surface area contributed by atoms with E-state index in [1.807, 2.05) is 18.2 Å². The van der Waals surface area contributed by atoms with Crippen molar-refractivity contribution >= 4 is 15.9 Å². The van der Waals surface area contributed by atoms with Crippen molar-refractivity contribution in [2.75, 3.05) is 13.7 Å². The van der Waals surface area contributed by atoms with E-state index in [0.717, 1.165) is 28.0 Å². The van der Waals surface area contributed by atoms with Gasteiger partial charge in [0.15, 0.2) is 0 Å². The van der Waals surface area contributed by atoms with E-state index in [2.05, 4.69) is 40.2 Å². The number of hydrogen-bond donors (Lipinski definition) is 1. The van der Waals surface area contributed by atoms with Crippen LogP contribution in [-0.2, 0) is 13.0 Å². The Bertz CT molecular complexity index is 555. The molecule has 20 heavy (non-hydrogen) atoms. The largest absolute Gasteiger partial charge is 0.497 e. The molecule has 0 aliphatic carbocycles. The molecule has 0 saturated carbocycles. The average Bonchev–Trinajstić information content (AvgIpc) is 2.48. The molecule has 0 radical (unpaired) electrons. The van der Waals surface area contributed by atoms with Crippen LogP contribution in [0.5, 0.6) is 11.5 Å². The van der Waals surface area contributed by atoms with Crippen LogP contribution in [0, 0.1) is 0 Å². The van der Waals surface area contributed by atoms with Crippen LogP contribution in [0.25, 0.3) is 0 Å². The molecule has 2 aromatic rings. The second-order valence-electron chi connectivity index (χ2n) is 4.44. The molecular weight excluding hydrogens is 318 g/mol. The zero-order valence-electron chi connectivity index (χ0n) is 11.4. The highest BCUT2D eigenvalue weighted by atomic mass is 79.9. The van der Waals surface area contributed by atoms with E-state index in [4.69, 9.17) is 15.2 Å². The summed E-state index contributed by atoms with van der Waals surface area (Å²) in [6.07, 6.45) is 0.908. The van der Waals surface area contributed by atoms with Gasteiger partial charge in [-0.3, -0.25) is 0 Å². The van der Waals surface area contributed by atoms with Gasteiger partial charge in [-0.2, -0.15) is 0 Å². The van der Waals surface area contributed by atoms with Crippen LogP contribution in [0.3, 0.4) is 0 Å². The maximum absolute atomic E-state index is 5.80. The molecule has 0 aliphatic rings. The van der Waals surface area contributed by atoms with Crippen molar-refractivity contribution in [3.63, 3.8) is 0 Å². The lowest BCUT2D eigenvalue weighted by Crippen LogP contribution is -2.03. The van der Waals surface area contributed by atoms with Gasteiger partial charge >= 0.3 is 0 Å². The van der Waals surface area contributed by atoms with Gasteiger partial charge in [-0.15, -0.1) is 0 Å². The highest BCUT2D eigenvalue weighted by Crippen LogP contribution is 2.29. The molecule has 0 atom stereocenters. The quantitative estimate of drug-likeness (QED) is 0.878. The van der Waals surface area contributed by atoms with Crippen molar-refractivity contribution in [1.82, 2.24) is 0 Å². The summed E-state index contributed by atoms with van der Waals surface area (Å²) in [6.45, 7) is 1.21. The first-order chi connectivity index (χ1) is 9.72. The molecule has 0 heterocycles. The Balaban J connectivity index is 1.97. The Labute approximate surface area is 127 Å². The van der Waals surface area contributed by atoms with Crippen LogP contribution in [0.1, 0.15) is 11.1 Å². The summed E-state index contributed by atoms with van der Waals surface area (Å²) in [6, 6.07) is 14.0. The van der Waals surface area contributed by atoms with Crippen molar-refractivity contribution < 1.29 is 9.47 Å². The third-order valence-corrected chi connectivity index (χ3v) is 3.61. The molecule has 4 heteroatoms. The molecule has 106 valence electrons. The van der Waals surface area contributed by atoms with Crippen LogP contribution in [0.15, 0.2) is 46.9 Å². The van der Waals surface area contributed by atoms with Crippen molar-refractivity contribution in [3.05, 3.63) is 58.1 Å². The lowest BCUT2D eigenvalue weighted by molar-refractivity contribution is 0.303. The van der Waals surface area contributed by atoms with E-state index in [9.17, 15) is 0 Å². The first-order valence-electron chi connectivity index (χ1n) is 6.47. The first kappa shape index (κ1) is 14.9. The van der Waals surface area contributed by atoms with Crippen molar-refractivity contribution in [1.29, 1.82) is 0 Å². The van der Waals surface area contributed by atoms with Crippen molar-refractivity contribution in [2.24, 2.45) is 5.73 Å². The highest BCUT2D eigenvalue weighted by Gasteiger charge is 2.03. The van der Waals surface area contributed by atoms with Gasteiger partial charge in [0, 0.05) is 0 Å². The molecule has 0 bridgehead atoms. The molecule has 0 spiro atoms. The van der Waals surface area contributed by atoms with Crippen LogP contribution >= 0.6 is 15.9 Å². The van der Waals surface area contributed by atoms with Gasteiger partial charge in [-0.05, 0) is 58.2 Å². The normalized spacial score (nSPS) is 10.3. The predicted octanol–water partition coefficient (Wildman–Crippen LogP) is 3.54. The van der Waals surface area contributed by atoms with Gasteiger partial charge in [0.25, 0.3) is 0 Å². The van der Waals surface area contributed by atoms with Gasteiger partial charge in [0.1, 0.15) is 18.1 Å². The van der Waals surface area contributed by atoms with Crippen molar-refractivity contribution in [2.45, 2.75) is 13.0 Å². The smallest absolute Gasteiger partial charge is 0.134 e. The highest BCUT2D eigenvalue weighted by molar-refractivity contribution is 9.10. The number of hydrogen-bond acceptors (Lipinski definition) is 3. The number of nitrogens with two attached hydrogens (primary N) is 1. The monoisotopic (exact) mass is 335 g/mol. The van der Waals surface area contributed by atoms with Gasteiger partial charge in [-0.25, -0.2) is 0 Å². The number of methoxy groups -OCH3 is 1. The van der Waals surface area contributed by atoms with E-state index in [0.29, 0.717) is 13.2 Å². The van der Waals surface area contributed by atoms with E-state index >= 15 is 0 Å². The van der Waals surface area contributed by atoms with E-state index < -0.39 is 0 Å². The van der Waals surface area contributed by atoms with Crippen molar-refractivity contribution in [3.8, 4) is 11.5 Å². The van der Waals surface area contributed by atoms with E-state index in [-0.39, 0.29) is 0 Å². The van der Waals surface area contributed by atoms with Crippen LogP contribution in [-0.4, -0.2) is 13.7 Å². The fourth-order valence-electron chi connectivity index (χ4n) is 1.86. The Morgan fingerprint density at radius 3 is 2.35 bits per heavy atom. The Hall–Kier alpha value is -1.52. The minimum atomic E-state index is 0.536. The number of halogens is 1. The molecule has 0 fully saturated rings. The van der Waals surface area contributed by atoms with E-state index in [1.165, 1.54) is 5.56 Å². The summed E-state index contributed by atoms with van der Waals surface area (Å²) in [5.74, 6) is 1.60. The molecule has 2 rings (SSSR count). The Morgan fingerprint density at radius 1 is 1.05 bits per heavy atom. The number of rotatable bonds is 6. The summed E-state index contributed by atoms with van der Waals surface area (Å²) < 4.78 is 11.8. The van der Waals surface area contributed by atoms with Gasteiger partial charge in [0.05, 0.1) is 11.6 Å². The molecular formula is C16H18BrNO2.